The number of ether oxygens (including phenoxy) is 2. The first kappa shape index (κ1) is 23.7. The van der Waals surface area contributed by atoms with Crippen LogP contribution >= 0.6 is 11.3 Å². The van der Waals surface area contributed by atoms with E-state index >= 15 is 0 Å². The van der Waals surface area contributed by atoms with Crippen LogP contribution in [0.15, 0.2) is 54.1 Å². The van der Waals surface area contributed by atoms with Crippen LogP contribution < -0.4 is 10.1 Å². The van der Waals surface area contributed by atoms with Gasteiger partial charge in [-0.25, -0.2) is 9.48 Å². The smallest absolute Gasteiger partial charge is 0.360 e. The summed E-state index contributed by atoms with van der Waals surface area (Å²) in [7, 11) is 2.95. The summed E-state index contributed by atoms with van der Waals surface area (Å²) in [4.78, 5) is 28.1. The quantitative estimate of drug-likeness (QED) is 0.469. The predicted octanol–water partition coefficient (Wildman–Crippen LogP) is 2.78. The fourth-order valence-corrected chi connectivity index (χ4v) is 4.67. The Labute approximate surface area is 202 Å². The first-order valence-electron chi connectivity index (χ1n) is 10.9. The van der Waals surface area contributed by atoms with Crippen molar-refractivity contribution in [2.75, 3.05) is 27.3 Å². The van der Waals surface area contributed by atoms with Gasteiger partial charge in [-0.1, -0.05) is 41.6 Å². The van der Waals surface area contributed by atoms with Crippen molar-refractivity contribution in [2.24, 2.45) is 0 Å². The number of esters is 1. The third-order valence-corrected chi connectivity index (χ3v) is 6.63. The van der Waals surface area contributed by atoms with Gasteiger partial charge in [-0.15, -0.1) is 16.4 Å². The highest BCUT2D eigenvalue weighted by Crippen LogP contribution is 2.28. The molecule has 1 aromatic carbocycles. The van der Waals surface area contributed by atoms with Crippen LogP contribution in [0.1, 0.15) is 33.4 Å². The molecule has 2 atom stereocenters. The number of methoxy groups -OCH3 is 2. The maximum atomic E-state index is 13.1. The van der Waals surface area contributed by atoms with E-state index in [0.29, 0.717) is 26.1 Å². The molecule has 0 unspecified atom stereocenters. The molecule has 34 heavy (non-hydrogen) atoms. The van der Waals surface area contributed by atoms with Gasteiger partial charge in [-0.3, -0.25) is 9.69 Å². The second-order valence-electron chi connectivity index (χ2n) is 7.88. The lowest BCUT2D eigenvalue weighted by molar-refractivity contribution is -0.125. The minimum atomic E-state index is -0.536. The van der Waals surface area contributed by atoms with Gasteiger partial charge >= 0.3 is 5.97 Å². The van der Waals surface area contributed by atoms with Gasteiger partial charge in [-0.05, 0) is 23.9 Å². The number of aromatic nitrogens is 3. The van der Waals surface area contributed by atoms with E-state index in [1.165, 1.54) is 7.11 Å². The summed E-state index contributed by atoms with van der Waals surface area (Å²) < 4.78 is 11.8. The number of likely N-dealkylation sites (tertiary alicyclic amines) is 1. The average Bonchev–Trinajstić information content (AvgIpc) is 3.63. The van der Waals surface area contributed by atoms with E-state index in [-0.39, 0.29) is 23.7 Å². The number of carbonyl (C=O) groups excluding carboxylic acids is 2. The average molecular weight is 482 g/mol. The van der Waals surface area contributed by atoms with Crippen molar-refractivity contribution in [2.45, 2.75) is 25.0 Å². The van der Waals surface area contributed by atoms with Crippen molar-refractivity contribution in [1.82, 2.24) is 25.2 Å². The molecular formula is C24H27N5O4S. The molecule has 1 aliphatic heterocycles. The predicted molar refractivity (Wildman–Crippen MR) is 129 cm³/mol. The Bertz CT molecular complexity index is 1140. The van der Waals surface area contributed by atoms with Crippen LogP contribution in [0, 0.1) is 0 Å². The zero-order chi connectivity index (χ0) is 23.9. The van der Waals surface area contributed by atoms with Gasteiger partial charge < -0.3 is 14.8 Å². The Hall–Kier alpha value is -3.50. The lowest BCUT2D eigenvalue weighted by atomic mass is 10.1. The first-order chi connectivity index (χ1) is 16.6. The molecule has 1 fully saturated rings. The van der Waals surface area contributed by atoms with Gasteiger partial charge in [-0.2, -0.15) is 0 Å². The molecule has 10 heteroatoms. The maximum Gasteiger partial charge on any atom is 0.360 e. The highest BCUT2D eigenvalue weighted by Gasteiger charge is 2.37. The SMILES string of the molecule is COC(=O)c1cn([C@@H]2C[C@@H](C(=O)NCc3cccs3)N(CC=Cc3ccccc3OC)C2)nn1. The van der Waals surface area contributed by atoms with E-state index < -0.39 is 5.97 Å². The van der Waals surface area contributed by atoms with Gasteiger partial charge in [0.15, 0.2) is 5.69 Å². The van der Waals surface area contributed by atoms with Crippen LogP contribution in [-0.4, -0.2) is 65.1 Å². The largest absolute Gasteiger partial charge is 0.496 e. The Kier molecular flexibility index (Phi) is 7.71. The summed E-state index contributed by atoms with van der Waals surface area (Å²) in [5.41, 5.74) is 1.12. The second kappa shape index (κ2) is 11.1. The normalized spacial score (nSPS) is 18.3. The molecule has 4 rings (SSSR count). The molecule has 3 aromatic rings. The second-order valence-corrected chi connectivity index (χ2v) is 8.91. The number of thiophene rings is 1. The van der Waals surface area contributed by atoms with Crippen LogP contribution in [0.4, 0.5) is 0 Å². The van der Waals surface area contributed by atoms with Gasteiger partial charge in [0.25, 0.3) is 0 Å². The van der Waals surface area contributed by atoms with E-state index in [1.807, 2.05) is 53.9 Å². The minimum absolute atomic E-state index is 0.0325. The van der Waals surface area contributed by atoms with Crippen LogP contribution in [0.25, 0.3) is 6.08 Å². The number of para-hydroxylation sites is 1. The summed E-state index contributed by atoms with van der Waals surface area (Å²) in [6.07, 6.45) is 6.16. The van der Waals surface area contributed by atoms with E-state index in [4.69, 9.17) is 9.47 Å². The molecule has 3 heterocycles. The number of carbonyl (C=O) groups is 2. The fourth-order valence-electron chi connectivity index (χ4n) is 4.02. The molecule has 1 amide bonds. The number of nitrogens with one attached hydrogen (secondary N) is 1. The zero-order valence-corrected chi connectivity index (χ0v) is 19.9. The number of benzene rings is 1. The molecule has 1 N–H and O–H groups in total. The van der Waals surface area contributed by atoms with Crippen LogP contribution in [0.5, 0.6) is 5.75 Å². The van der Waals surface area contributed by atoms with Crippen LogP contribution in [0.2, 0.25) is 0 Å². The summed E-state index contributed by atoms with van der Waals surface area (Å²) in [6, 6.07) is 11.3. The third kappa shape index (κ3) is 5.52. The van der Waals surface area contributed by atoms with E-state index in [1.54, 1.807) is 29.3 Å². The van der Waals surface area contributed by atoms with Gasteiger partial charge in [0.1, 0.15) is 5.75 Å². The highest BCUT2D eigenvalue weighted by atomic mass is 32.1. The molecule has 2 aromatic heterocycles. The maximum absolute atomic E-state index is 13.1. The Morgan fingerprint density at radius 3 is 2.85 bits per heavy atom. The lowest BCUT2D eigenvalue weighted by Crippen LogP contribution is -2.42. The van der Waals surface area contributed by atoms with E-state index in [2.05, 4.69) is 20.5 Å². The fraction of sp³-hybridized carbons (Fsp3) is 0.333. The number of amides is 1. The molecule has 0 spiro atoms. The monoisotopic (exact) mass is 481 g/mol. The van der Waals surface area contributed by atoms with Crippen molar-refractivity contribution < 1.29 is 19.1 Å². The molecule has 1 saturated heterocycles. The van der Waals surface area contributed by atoms with Crippen molar-refractivity contribution in [1.29, 1.82) is 0 Å². The first-order valence-corrected chi connectivity index (χ1v) is 11.8. The van der Waals surface area contributed by atoms with Crippen molar-refractivity contribution >= 4 is 29.3 Å². The highest BCUT2D eigenvalue weighted by molar-refractivity contribution is 7.09. The minimum Gasteiger partial charge on any atom is -0.496 e. The summed E-state index contributed by atoms with van der Waals surface area (Å²) >= 11 is 1.61. The summed E-state index contributed by atoms with van der Waals surface area (Å²) in [5.74, 6) is 0.224. The van der Waals surface area contributed by atoms with Gasteiger partial charge in [0.2, 0.25) is 5.91 Å². The van der Waals surface area contributed by atoms with Crippen molar-refractivity contribution in [3.05, 3.63) is 70.2 Å². The molecular weight excluding hydrogens is 454 g/mol. The van der Waals surface area contributed by atoms with Crippen LogP contribution in [-0.2, 0) is 16.1 Å². The molecule has 9 nitrogen and oxygen atoms in total. The number of nitrogens with zero attached hydrogens (tertiary/aromatic N) is 4. The van der Waals surface area contributed by atoms with Crippen molar-refractivity contribution in [3.8, 4) is 5.75 Å². The lowest BCUT2D eigenvalue weighted by Gasteiger charge is -2.21. The van der Waals surface area contributed by atoms with Crippen LogP contribution in [0.3, 0.4) is 0 Å². The summed E-state index contributed by atoms with van der Waals surface area (Å²) in [5, 5.41) is 13.1. The van der Waals surface area contributed by atoms with Gasteiger partial charge in [0.05, 0.1) is 39.0 Å². The molecule has 0 radical (unpaired) electrons. The van der Waals surface area contributed by atoms with Gasteiger partial charge in [0, 0.05) is 23.5 Å². The molecule has 0 bridgehead atoms. The van der Waals surface area contributed by atoms with E-state index in [9.17, 15) is 9.59 Å². The topological polar surface area (TPSA) is 98.6 Å². The number of rotatable bonds is 9. The Morgan fingerprint density at radius 2 is 2.09 bits per heavy atom. The zero-order valence-electron chi connectivity index (χ0n) is 19.1. The number of hydrogen-bond acceptors (Lipinski definition) is 8. The molecule has 178 valence electrons. The van der Waals surface area contributed by atoms with E-state index in [0.717, 1.165) is 16.2 Å². The molecule has 1 aliphatic rings. The standard InChI is InChI=1S/C24H27N5O4S/c1-32-22-10-4-3-7-17(22)8-5-11-28-15-18(29-16-20(26-27-29)24(31)33-2)13-21(28)23(30)25-14-19-9-6-12-34-19/h3-10,12,16,18,21H,11,13-15H2,1-2H3,(H,25,30)/t18-,21+/m1/s1. The third-order valence-electron chi connectivity index (χ3n) is 5.76. The molecule has 0 aliphatic carbocycles. The Balaban J connectivity index is 1.48. The van der Waals surface area contributed by atoms with Crippen molar-refractivity contribution in [3.63, 3.8) is 0 Å². The summed E-state index contributed by atoms with van der Waals surface area (Å²) in [6.45, 7) is 1.67. The Morgan fingerprint density at radius 1 is 1.24 bits per heavy atom. The molecule has 0 saturated carbocycles. The number of hydrogen-bond donors (Lipinski definition) is 1.